The molecule has 0 amide bonds. The Morgan fingerprint density at radius 3 is 2.59 bits per heavy atom. The predicted octanol–water partition coefficient (Wildman–Crippen LogP) is 4.16. The molecule has 29 heavy (non-hydrogen) atoms. The normalized spacial score (nSPS) is 16.3. The van der Waals surface area contributed by atoms with Crippen LogP contribution in [-0.2, 0) is 11.8 Å². The molecule has 2 aromatic heterocycles. The van der Waals surface area contributed by atoms with E-state index in [9.17, 15) is 0 Å². The third-order valence-electron chi connectivity index (χ3n) is 6.00. The van der Waals surface area contributed by atoms with Crippen LogP contribution in [0.3, 0.4) is 0 Å². The summed E-state index contributed by atoms with van der Waals surface area (Å²) < 4.78 is 9.83. The smallest absolute Gasteiger partial charge is 0.0964 e. The van der Waals surface area contributed by atoms with Gasteiger partial charge in [-0.1, -0.05) is 41.6 Å². The molecule has 6 nitrogen and oxygen atoms in total. The molecule has 0 radical (unpaired) electrons. The van der Waals surface area contributed by atoms with E-state index >= 15 is 0 Å². The standard InChI is InChI=1S/C23H25N5O/c1-16-22(27(2)26-25-16)19-8-9-20-21(14-19)28(15-24-20)23(17-6-4-3-5-7-17)18-10-12-29-13-11-18/h3-9,14-15,18,23H,10-13H2,1-2H3/t23-/m0/s1. The molecule has 0 unspecified atom stereocenters. The van der Waals surface area contributed by atoms with E-state index in [1.165, 1.54) is 5.56 Å². The van der Waals surface area contributed by atoms with Crippen LogP contribution in [0.2, 0.25) is 0 Å². The minimum Gasteiger partial charge on any atom is -0.381 e. The van der Waals surface area contributed by atoms with Gasteiger partial charge in [0.1, 0.15) is 0 Å². The molecule has 2 aromatic carbocycles. The van der Waals surface area contributed by atoms with Crippen molar-refractivity contribution in [2.24, 2.45) is 13.0 Å². The maximum atomic E-state index is 5.64. The van der Waals surface area contributed by atoms with Crippen molar-refractivity contribution >= 4 is 11.0 Å². The fourth-order valence-electron chi connectivity index (χ4n) is 4.59. The number of hydrogen-bond donors (Lipinski definition) is 0. The van der Waals surface area contributed by atoms with Gasteiger partial charge in [0, 0.05) is 25.8 Å². The minimum atomic E-state index is 0.242. The number of benzene rings is 2. The molecule has 5 rings (SSSR count). The molecule has 4 aromatic rings. The van der Waals surface area contributed by atoms with Crippen LogP contribution in [0.4, 0.5) is 0 Å². The molecule has 1 fully saturated rings. The van der Waals surface area contributed by atoms with E-state index in [1.807, 2.05) is 25.0 Å². The molecule has 1 atom stereocenters. The summed E-state index contributed by atoms with van der Waals surface area (Å²) in [4.78, 5) is 4.72. The molecule has 1 aliphatic rings. The molecule has 0 spiro atoms. The summed E-state index contributed by atoms with van der Waals surface area (Å²) in [5.74, 6) is 0.521. The maximum Gasteiger partial charge on any atom is 0.0964 e. The zero-order valence-corrected chi connectivity index (χ0v) is 16.8. The van der Waals surface area contributed by atoms with E-state index in [0.717, 1.165) is 54.0 Å². The highest BCUT2D eigenvalue weighted by Crippen LogP contribution is 2.36. The molecule has 0 N–H and O–H groups in total. The number of hydrogen-bond acceptors (Lipinski definition) is 4. The van der Waals surface area contributed by atoms with Gasteiger partial charge in [-0.2, -0.15) is 0 Å². The van der Waals surface area contributed by atoms with Crippen LogP contribution in [-0.4, -0.2) is 37.8 Å². The van der Waals surface area contributed by atoms with E-state index in [1.54, 1.807) is 0 Å². The first-order valence-electron chi connectivity index (χ1n) is 10.2. The molecule has 6 heteroatoms. The lowest BCUT2D eigenvalue weighted by Crippen LogP contribution is -2.26. The monoisotopic (exact) mass is 387 g/mol. The first kappa shape index (κ1) is 18.1. The van der Waals surface area contributed by atoms with Crippen LogP contribution in [0.15, 0.2) is 54.9 Å². The molecule has 148 valence electrons. The first-order chi connectivity index (χ1) is 14.2. The van der Waals surface area contributed by atoms with Crippen molar-refractivity contribution in [1.82, 2.24) is 24.5 Å². The van der Waals surface area contributed by atoms with Gasteiger partial charge >= 0.3 is 0 Å². The number of ether oxygens (including phenoxy) is 1. The van der Waals surface area contributed by atoms with Crippen LogP contribution < -0.4 is 0 Å². The van der Waals surface area contributed by atoms with Crippen molar-refractivity contribution in [2.75, 3.05) is 13.2 Å². The summed E-state index contributed by atoms with van der Waals surface area (Å²) in [5.41, 5.74) is 6.56. The molecule has 1 saturated heterocycles. The van der Waals surface area contributed by atoms with Gasteiger partial charge in [0.05, 0.1) is 34.8 Å². The number of imidazole rings is 1. The Kier molecular flexibility index (Phi) is 4.64. The average molecular weight is 387 g/mol. The summed E-state index contributed by atoms with van der Waals surface area (Å²) in [6.45, 7) is 3.65. The fraction of sp³-hybridized carbons (Fsp3) is 0.348. The van der Waals surface area contributed by atoms with Gasteiger partial charge in [-0.05, 0) is 43.4 Å². The third kappa shape index (κ3) is 3.23. The van der Waals surface area contributed by atoms with E-state index < -0.39 is 0 Å². The zero-order valence-electron chi connectivity index (χ0n) is 16.8. The number of fused-ring (bicyclic) bond motifs is 1. The zero-order chi connectivity index (χ0) is 19.8. The summed E-state index contributed by atoms with van der Waals surface area (Å²) in [6, 6.07) is 17.4. The van der Waals surface area contributed by atoms with Crippen LogP contribution in [0.25, 0.3) is 22.3 Å². The predicted molar refractivity (Wildman–Crippen MR) is 113 cm³/mol. The Balaban J connectivity index is 1.66. The quantitative estimate of drug-likeness (QED) is 0.528. The largest absolute Gasteiger partial charge is 0.381 e. The van der Waals surface area contributed by atoms with E-state index in [0.29, 0.717) is 5.92 Å². The molecule has 0 aliphatic carbocycles. The average Bonchev–Trinajstić information content (AvgIpc) is 3.32. The SMILES string of the molecule is Cc1nnn(C)c1-c1ccc2ncn([C@@H](c3ccccc3)C3CCOCC3)c2c1. The Hall–Kier alpha value is -2.99. The van der Waals surface area contributed by atoms with Gasteiger partial charge in [0.2, 0.25) is 0 Å². The third-order valence-corrected chi connectivity index (χ3v) is 6.00. The van der Waals surface area contributed by atoms with Crippen LogP contribution in [0, 0.1) is 12.8 Å². The molecule has 0 saturated carbocycles. The van der Waals surface area contributed by atoms with Crippen LogP contribution in [0.5, 0.6) is 0 Å². The Labute approximate surface area is 170 Å². The number of aryl methyl sites for hydroxylation is 2. The maximum absolute atomic E-state index is 5.64. The molecular weight excluding hydrogens is 362 g/mol. The van der Waals surface area contributed by atoms with E-state index in [2.05, 4.69) is 63.4 Å². The summed E-state index contributed by atoms with van der Waals surface area (Å²) >= 11 is 0. The summed E-state index contributed by atoms with van der Waals surface area (Å²) in [7, 11) is 1.94. The molecular formula is C23H25N5O. The lowest BCUT2D eigenvalue weighted by Gasteiger charge is -2.32. The van der Waals surface area contributed by atoms with Gasteiger partial charge in [0.25, 0.3) is 0 Å². The number of aromatic nitrogens is 5. The van der Waals surface area contributed by atoms with Crippen molar-refractivity contribution in [3.63, 3.8) is 0 Å². The second-order valence-electron chi connectivity index (χ2n) is 7.81. The molecule has 3 heterocycles. The van der Waals surface area contributed by atoms with Gasteiger partial charge in [-0.25, -0.2) is 9.67 Å². The van der Waals surface area contributed by atoms with Crippen LogP contribution >= 0.6 is 0 Å². The van der Waals surface area contributed by atoms with Crippen molar-refractivity contribution in [1.29, 1.82) is 0 Å². The number of nitrogens with zero attached hydrogens (tertiary/aromatic N) is 5. The Morgan fingerprint density at radius 1 is 1.07 bits per heavy atom. The highest BCUT2D eigenvalue weighted by Gasteiger charge is 2.28. The topological polar surface area (TPSA) is 57.8 Å². The van der Waals surface area contributed by atoms with Crippen molar-refractivity contribution in [3.8, 4) is 11.3 Å². The lowest BCUT2D eigenvalue weighted by atomic mass is 9.86. The second-order valence-corrected chi connectivity index (χ2v) is 7.81. The van der Waals surface area contributed by atoms with Crippen molar-refractivity contribution < 1.29 is 4.74 Å². The Morgan fingerprint density at radius 2 is 1.86 bits per heavy atom. The van der Waals surface area contributed by atoms with Gasteiger partial charge in [-0.3, -0.25) is 0 Å². The molecule has 0 bridgehead atoms. The highest BCUT2D eigenvalue weighted by molar-refractivity contribution is 5.82. The highest BCUT2D eigenvalue weighted by atomic mass is 16.5. The van der Waals surface area contributed by atoms with Crippen molar-refractivity contribution in [3.05, 3.63) is 66.1 Å². The Bertz CT molecular complexity index is 1110. The molecule has 1 aliphatic heterocycles. The first-order valence-corrected chi connectivity index (χ1v) is 10.2. The lowest BCUT2D eigenvalue weighted by molar-refractivity contribution is 0.0547. The van der Waals surface area contributed by atoms with E-state index in [-0.39, 0.29) is 6.04 Å². The fourth-order valence-corrected chi connectivity index (χ4v) is 4.59. The van der Waals surface area contributed by atoms with E-state index in [4.69, 9.17) is 9.72 Å². The summed E-state index contributed by atoms with van der Waals surface area (Å²) in [6.07, 6.45) is 4.11. The second kappa shape index (κ2) is 7.44. The van der Waals surface area contributed by atoms with Crippen molar-refractivity contribution in [2.45, 2.75) is 25.8 Å². The summed E-state index contributed by atoms with van der Waals surface area (Å²) in [5, 5.41) is 8.38. The van der Waals surface area contributed by atoms with Gasteiger partial charge in [0.15, 0.2) is 0 Å². The number of rotatable bonds is 4. The minimum absolute atomic E-state index is 0.242. The van der Waals surface area contributed by atoms with Gasteiger partial charge < -0.3 is 9.30 Å². The van der Waals surface area contributed by atoms with Crippen LogP contribution in [0.1, 0.15) is 30.1 Å². The van der Waals surface area contributed by atoms with Gasteiger partial charge in [-0.15, -0.1) is 5.10 Å².